The molecule has 0 saturated heterocycles. The summed E-state index contributed by atoms with van der Waals surface area (Å²) in [4.78, 5) is 0. The molecule has 0 amide bonds. The molecule has 0 heterocycles. The molecule has 0 bridgehead atoms. The van der Waals surface area contributed by atoms with Crippen molar-refractivity contribution in [1.82, 2.24) is 0 Å². The van der Waals surface area contributed by atoms with Gasteiger partial charge in [-0.15, -0.1) is 0 Å². The number of ether oxygens (including phenoxy) is 2. The molecule has 6 heteroatoms. The van der Waals surface area contributed by atoms with Crippen LogP contribution in [0.5, 0.6) is 11.5 Å². The summed E-state index contributed by atoms with van der Waals surface area (Å²) in [6.07, 6.45) is 13.2. The van der Waals surface area contributed by atoms with E-state index in [0.29, 0.717) is 17.2 Å². The summed E-state index contributed by atoms with van der Waals surface area (Å²) >= 11 is 7.42. The van der Waals surface area contributed by atoms with Gasteiger partial charge in [-0.1, -0.05) is 124 Å². The monoisotopic (exact) mass is 795 g/mol. The van der Waals surface area contributed by atoms with Crippen LogP contribution in [0.15, 0.2) is 36.4 Å². The van der Waals surface area contributed by atoms with Crippen LogP contribution in [0.4, 0.5) is 0 Å². The average molecular weight is 797 g/mol. The van der Waals surface area contributed by atoms with Gasteiger partial charge in [-0.05, 0) is 102 Å². The maximum Gasteiger partial charge on any atom is 0.136 e. The van der Waals surface area contributed by atoms with Crippen LogP contribution in [0.3, 0.4) is 0 Å². The number of hydrogen-bond donors (Lipinski definition) is 1. The van der Waals surface area contributed by atoms with Crippen molar-refractivity contribution < 1.29 is 29.9 Å². The van der Waals surface area contributed by atoms with E-state index in [1.54, 1.807) is 0 Å². The van der Waals surface area contributed by atoms with Crippen molar-refractivity contribution >= 4 is 24.8 Å². The summed E-state index contributed by atoms with van der Waals surface area (Å²) in [6.45, 7) is 16.1. The second-order valence-electron chi connectivity index (χ2n) is 15.3. The summed E-state index contributed by atoms with van der Waals surface area (Å²) in [5.41, 5.74) is 18.0. The van der Waals surface area contributed by atoms with Gasteiger partial charge in [0.05, 0.1) is 19.2 Å². The topological polar surface area (TPSA) is 44.5 Å². The van der Waals surface area contributed by atoms with Crippen molar-refractivity contribution in [2.75, 3.05) is 14.2 Å². The average Bonchev–Trinajstić information content (AvgIpc) is 3.08. The first-order valence-corrected chi connectivity index (χ1v) is 20.7. The zero-order valence-corrected chi connectivity index (χ0v) is 34.7. The molecule has 0 radical (unpaired) electrons. The van der Waals surface area contributed by atoms with E-state index in [1.165, 1.54) is 97.3 Å². The number of nitrogens with two attached hydrogens (primary N) is 1. The van der Waals surface area contributed by atoms with Gasteiger partial charge in [-0.3, -0.25) is 0 Å². The van der Waals surface area contributed by atoms with Crippen LogP contribution in [0, 0.1) is 0 Å². The van der Waals surface area contributed by atoms with Gasteiger partial charge in [0.15, 0.2) is 0 Å². The molecule has 2 aliphatic carbocycles. The van der Waals surface area contributed by atoms with E-state index >= 15 is 0 Å². The van der Waals surface area contributed by atoms with Gasteiger partial charge in [-0.25, -0.2) is 0 Å². The Bertz CT molecular complexity index is 1540. The Labute approximate surface area is 318 Å². The molecule has 0 aliphatic heterocycles. The molecule has 2 fully saturated rings. The molecule has 0 spiro atoms. The zero-order chi connectivity index (χ0) is 34.7. The fraction of sp³-hybridized carbons (Fsp3) is 0.581. The van der Waals surface area contributed by atoms with Crippen molar-refractivity contribution in [1.29, 1.82) is 0 Å². The maximum absolute atomic E-state index is 7.42. The summed E-state index contributed by atoms with van der Waals surface area (Å²) in [5.74, 6) is 2.78. The molecule has 5 rings (SSSR count). The van der Waals surface area contributed by atoms with Gasteiger partial charge in [0.25, 0.3) is 0 Å². The third-order valence-electron chi connectivity index (χ3n) is 11.0. The molecule has 2 saturated carbocycles. The van der Waals surface area contributed by atoms with Gasteiger partial charge < -0.3 is 15.2 Å². The molecule has 3 nitrogen and oxygen atoms in total. The summed E-state index contributed by atoms with van der Waals surface area (Å²) in [7, 11) is 3.20. The van der Waals surface area contributed by atoms with Crippen LogP contribution in [-0.4, -0.2) is 25.5 Å². The minimum atomic E-state index is -0.515. The first kappa shape index (κ1) is 40.4. The SMILES string of the molecule is COc1c(-c2ccc(Cl)c(P(C3CCCCC3)C3CCCCC3)c2OC)c(-c2ccccc2C(C)N)c(C(C)C)c(C(C)C)c1C(C)C.[Pd]. The standard InChI is InChI=1S/C43H61ClNO2P.Pd/c1-26(2)36-37(27(3)4)39(33-23-17-16-22-32(33)29(7)45)40(42(47-9)38(36)28(5)6)34-24-25-35(44)43(41(34)46-8)48(30-18-12-10-13-19-30)31-20-14-11-15-21-31;/h16-17,22-31H,10-15,18-21,45H2,1-9H3;. The number of rotatable bonds is 11. The normalized spacial score (nSPS) is 16.8. The minimum Gasteiger partial charge on any atom is -0.496 e. The third-order valence-corrected chi connectivity index (χ3v) is 15.0. The molecule has 49 heavy (non-hydrogen) atoms. The van der Waals surface area contributed by atoms with Crippen LogP contribution >= 0.6 is 19.5 Å². The van der Waals surface area contributed by atoms with Crippen LogP contribution in [0.25, 0.3) is 22.3 Å². The molecule has 3 aromatic rings. The first-order chi connectivity index (χ1) is 23.0. The van der Waals surface area contributed by atoms with Crippen LogP contribution < -0.4 is 20.5 Å². The molecule has 3 aromatic carbocycles. The fourth-order valence-electron chi connectivity index (χ4n) is 9.02. The summed E-state index contributed by atoms with van der Waals surface area (Å²) < 4.78 is 13.3. The van der Waals surface area contributed by atoms with Gasteiger partial charge in [-0.2, -0.15) is 0 Å². The number of hydrogen-bond acceptors (Lipinski definition) is 3. The Morgan fingerprint density at radius 1 is 0.633 bits per heavy atom. The number of benzene rings is 3. The molecule has 2 N–H and O–H groups in total. The summed E-state index contributed by atoms with van der Waals surface area (Å²) in [5, 5.41) is 2.17. The van der Waals surface area contributed by atoms with Crippen LogP contribution in [0.2, 0.25) is 5.02 Å². The van der Waals surface area contributed by atoms with E-state index in [9.17, 15) is 0 Å². The van der Waals surface area contributed by atoms with Crippen molar-refractivity contribution in [2.24, 2.45) is 5.73 Å². The molecular weight excluding hydrogens is 735 g/mol. The molecule has 2 aliphatic rings. The van der Waals surface area contributed by atoms with E-state index in [4.69, 9.17) is 26.8 Å². The first-order valence-electron chi connectivity index (χ1n) is 18.8. The molecule has 0 aromatic heterocycles. The predicted molar refractivity (Wildman–Crippen MR) is 211 cm³/mol. The second kappa shape index (κ2) is 17.9. The Kier molecular flexibility index (Phi) is 14.7. The maximum atomic E-state index is 7.42. The molecule has 1 atom stereocenters. The Morgan fingerprint density at radius 3 is 1.61 bits per heavy atom. The van der Waals surface area contributed by atoms with E-state index < -0.39 is 7.92 Å². The predicted octanol–water partition coefficient (Wildman–Crippen LogP) is 12.9. The van der Waals surface area contributed by atoms with Crippen molar-refractivity contribution in [2.45, 2.75) is 148 Å². The van der Waals surface area contributed by atoms with Gasteiger partial charge >= 0.3 is 0 Å². The fourth-order valence-corrected chi connectivity index (χ4v) is 13.4. The van der Waals surface area contributed by atoms with E-state index in [0.717, 1.165) is 33.2 Å². The number of halogens is 1. The van der Waals surface area contributed by atoms with Gasteiger partial charge in [0.1, 0.15) is 11.5 Å². The van der Waals surface area contributed by atoms with Crippen molar-refractivity contribution in [3.05, 3.63) is 63.7 Å². The van der Waals surface area contributed by atoms with Gasteiger partial charge in [0.2, 0.25) is 0 Å². The third kappa shape index (κ3) is 8.16. The summed E-state index contributed by atoms with van der Waals surface area (Å²) in [6, 6.07) is 13.0. The molecule has 272 valence electrons. The van der Waals surface area contributed by atoms with E-state index in [1.807, 2.05) is 14.2 Å². The quantitative estimate of drug-likeness (QED) is 0.155. The largest absolute Gasteiger partial charge is 0.496 e. The molecule has 1 unspecified atom stereocenters. The van der Waals surface area contributed by atoms with Crippen molar-refractivity contribution in [3.63, 3.8) is 0 Å². The van der Waals surface area contributed by atoms with E-state index in [2.05, 4.69) is 84.9 Å². The second-order valence-corrected chi connectivity index (χ2v) is 18.5. The minimum absolute atomic E-state index is 0. The van der Waals surface area contributed by atoms with E-state index in [-0.39, 0.29) is 38.3 Å². The van der Waals surface area contributed by atoms with Crippen molar-refractivity contribution in [3.8, 4) is 33.8 Å². The zero-order valence-electron chi connectivity index (χ0n) is 31.5. The molecular formula is C43H61ClNO2PPd. The Hall–Kier alpha value is -1.40. The Balaban J connectivity index is 0.00000541. The smallest absolute Gasteiger partial charge is 0.136 e. The number of methoxy groups -OCH3 is 2. The van der Waals surface area contributed by atoms with Crippen LogP contribution in [0.1, 0.15) is 159 Å². The van der Waals surface area contributed by atoms with Crippen LogP contribution in [-0.2, 0) is 20.4 Å². The van der Waals surface area contributed by atoms with Gasteiger partial charge in [0, 0.05) is 48.5 Å². The Morgan fingerprint density at radius 2 is 1.14 bits per heavy atom.